The van der Waals surface area contributed by atoms with Crippen LogP contribution in [0.5, 0.6) is 0 Å². The zero-order chi connectivity index (χ0) is 18.4. The zero-order valence-corrected chi connectivity index (χ0v) is 20.4. The molecule has 0 heterocycles. The molecule has 1 fully saturated rings. The van der Waals surface area contributed by atoms with Gasteiger partial charge in [0.05, 0.1) is 0 Å². The van der Waals surface area contributed by atoms with Crippen molar-refractivity contribution in [1.82, 2.24) is 0 Å². The van der Waals surface area contributed by atoms with E-state index in [1.807, 2.05) is 0 Å². The maximum absolute atomic E-state index is 6.25. The summed E-state index contributed by atoms with van der Waals surface area (Å²) in [6.45, 7) is 7.49. The summed E-state index contributed by atoms with van der Waals surface area (Å²) in [5, 5.41) is 0. The molecular weight excluding hydrogens is 415 g/mol. The molecule has 148 valence electrons. The third kappa shape index (κ3) is 8.79. The van der Waals surface area contributed by atoms with Crippen molar-refractivity contribution in [1.29, 1.82) is 0 Å². The topological polar surface area (TPSA) is 18.5 Å². The number of rotatable bonds is 14. The van der Waals surface area contributed by atoms with Crippen LogP contribution < -0.4 is 0 Å². The van der Waals surface area contributed by atoms with E-state index < -0.39 is 18.4 Å². The molecule has 1 aliphatic carbocycles. The van der Waals surface area contributed by atoms with Gasteiger partial charge in [0.1, 0.15) is 0 Å². The second-order valence-electron chi connectivity index (χ2n) is 8.18. The molecule has 0 N–H and O–H groups in total. The van der Waals surface area contributed by atoms with Gasteiger partial charge in [-0.1, -0.05) is 0 Å². The first-order valence-corrected chi connectivity index (χ1v) is 18.7. The Bertz CT molecular complexity index is 326. The molecule has 0 bridgehead atoms. The third-order valence-electron chi connectivity index (χ3n) is 5.99. The van der Waals surface area contributed by atoms with Gasteiger partial charge in [-0.15, -0.1) is 0 Å². The van der Waals surface area contributed by atoms with Crippen LogP contribution >= 0.6 is 0 Å². The first-order valence-electron chi connectivity index (χ1n) is 11.0. The van der Waals surface area contributed by atoms with Gasteiger partial charge in [0.25, 0.3) is 0 Å². The number of ether oxygens (including phenoxy) is 2. The molecule has 0 saturated heterocycles. The predicted octanol–water partition coefficient (Wildman–Crippen LogP) is 7.25. The van der Waals surface area contributed by atoms with Gasteiger partial charge in [-0.2, -0.15) is 0 Å². The van der Waals surface area contributed by atoms with Crippen LogP contribution in [-0.2, 0) is 9.47 Å². The number of hydrogen-bond donors (Lipinski definition) is 0. The summed E-state index contributed by atoms with van der Waals surface area (Å²) in [6, 6.07) is 0. The summed E-state index contributed by atoms with van der Waals surface area (Å²) in [5.74, 6) is 0. The van der Waals surface area contributed by atoms with E-state index in [2.05, 4.69) is 30.9 Å². The van der Waals surface area contributed by atoms with E-state index in [1.54, 1.807) is 20.4 Å². The predicted molar refractivity (Wildman–Crippen MR) is 113 cm³/mol. The second kappa shape index (κ2) is 13.6. The molecule has 2 nitrogen and oxygen atoms in total. The fourth-order valence-corrected chi connectivity index (χ4v) is 18.7. The number of unbranched alkanes of at least 4 members (excludes halogenated alkanes) is 3. The average molecular weight is 459 g/mol. The number of hydrogen-bond acceptors (Lipinski definition) is 2. The van der Waals surface area contributed by atoms with E-state index in [1.165, 1.54) is 70.6 Å². The van der Waals surface area contributed by atoms with Gasteiger partial charge in [0.15, 0.2) is 0 Å². The van der Waals surface area contributed by atoms with E-state index in [9.17, 15) is 0 Å². The molecule has 0 atom stereocenters. The van der Waals surface area contributed by atoms with Gasteiger partial charge in [0, 0.05) is 0 Å². The van der Waals surface area contributed by atoms with E-state index in [4.69, 9.17) is 9.47 Å². The normalized spacial score (nSPS) is 18.1. The van der Waals surface area contributed by atoms with Crippen molar-refractivity contribution in [3.05, 3.63) is 10.2 Å². The van der Waals surface area contributed by atoms with Crippen LogP contribution in [0.2, 0.25) is 13.3 Å². The fraction of sp³-hybridized carbons (Fsp3) is 0.909. The van der Waals surface area contributed by atoms with Crippen molar-refractivity contribution in [3.63, 3.8) is 0 Å². The van der Waals surface area contributed by atoms with Crippen LogP contribution in [0.4, 0.5) is 0 Å². The van der Waals surface area contributed by atoms with Gasteiger partial charge in [-0.05, 0) is 0 Å². The van der Waals surface area contributed by atoms with E-state index in [0.717, 1.165) is 0 Å². The minimum absolute atomic E-state index is 0.0267. The van der Waals surface area contributed by atoms with Crippen LogP contribution in [0.25, 0.3) is 0 Å². The molecule has 0 aromatic rings. The summed E-state index contributed by atoms with van der Waals surface area (Å²) in [4.78, 5) is 0. The molecular formula is C22H44O2Sn. The zero-order valence-electron chi connectivity index (χ0n) is 17.6. The Morgan fingerprint density at radius 3 is 1.80 bits per heavy atom. The van der Waals surface area contributed by atoms with Crippen molar-refractivity contribution in [2.75, 3.05) is 13.9 Å². The van der Waals surface area contributed by atoms with Crippen molar-refractivity contribution in [2.45, 2.75) is 110 Å². The van der Waals surface area contributed by atoms with Gasteiger partial charge in [-0.3, -0.25) is 0 Å². The Morgan fingerprint density at radius 2 is 1.36 bits per heavy atom. The monoisotopic (exact) mass is 460 g/mol. The molecule has 0 aromatic carbocycles. The first-order chi connectivity index (χ1) is 12.2. The fourth-order valence-electron chi connectivity index (χ4n) is 4.23. The summed E-state index contributed by atoms with van der Waals surface area (Å²) < 4.78 is 18.9. The molecule has 0 radical (unpaired) electrons. The van der Waals surface area contributed by atoms with Crippen LogP contribution in [-0.4, -0.2) is 37.9 Å². The van der Waals surface area contributed by atoms with Crippen molar-refractivity contribution >= 4 is 18.4 Å². The van der Waals surface area contributed by atoms with Gasteiger partial charge < -0.3 is 0 Å². The molecule has 0 aliphatic heterocycles. The van der Waals surface area contributed by atoms with Crippen molar-refractivity contribution in [3.8, 4) is 0 Å². The molecule has 0 amide bonds. The molecule has 0 spiro atoms. The van der Waals surface area contributed by atoms with Crippen LogP contribution in [0.3, 0.4) is 0 Å². The summed E-state index contributed by atoms with van der Waals surface area (Å²) in [5.41, 5.74) is -0.0267. The Morgan fingerprint density at radius 1 is 0.840 bits per heavy atom. The van der Waals surface area contributed by atoms with Crippen LogP contribution in [0, 0.1) is 0 Å². The van der Waals surface area contributed by atoms with Gasteiger partial charge >= 0.3 is 162 Å². The molecule has 1 aliphatic rings. The molecule has 1 rings (SSSR count). The van der Waals surface area contributed by atoms with Crippen LogP contribution in [0.15, 0.2) is 10.2 Å². The Balaban J connectivity index is 2.96. The molecule has 3 heteroatoms. The molecule has 1 saturated carbocycles. The van der Waals surface area contributed by atoms with E-state index >= 15 is 0 Å². The number of methoxy groups -OCH3 is 1. The quantitative estimate of drug-likeness (QED) is 0.201. The van der Waals surface area contributed by atoms with Gasteiger partial charge in [0.2, 0.25) is 0 Å². The standard InChI is InChI=1S/C10H17O2.3C4H9.Sn/c1-3-10(12-9-11-2)7-5-4-6-8-10;3*1-3-4-2;/h1,3H,4-9H2,2H3;3*1,3-4H2,2H3;. The minimum atomic E-state index is -2.20. The molecule has 0 aromatic heterocycles. The van der Waals surface area contributed by atoms with E-state index in [0.29, 0.717) is 6.79 Å². The SMILES string of the molecule is CCC[CH2][Sn](/[CH]=C/C1(OCOC)CCCCC1)([CH2]CCC)[CH2]CCC. The maximum atomic E-state index is 6.25. The molecule has 25 heavy (non-hydrogen) atoms. The van der Waals surface area contributed by atoms with Crippen LogP contribution in [0.1, 0.15) is 91.4 Å². The second-order valence-corrected chi connectivity index (χ2v) is 21.2. The summed E-state index contributed by atoms with van der Waals surface area (Å²) in [7, 11) is 1.74. The van der Waals surface area contributed by atoms with E-state index in [-0.39, 0.29) is 5.60 Å². The average Bonchev–Trinajstić information content (AvgIpc) is 2.66. The van der Waals surface area contributed by atoms with Gasteiger partial charge in [-0.25, -0.2) is 0 Å². The molecule has 0 unspecified atom stereocenters. The van der Waals surface area contributed by atoms with Crippen molar-refractivity contribution < 1.29 is 9.47 Å². The third-order valence-corrected chi connectivity index (χ3v) is 20.0. The Kier molecular flexibility index (Phi) is 12.8. The first kappa shape index (κ1) is 23.5. The Labute approximate surface area is 162 Å². The summed E-state index contributed by atoms with van der Waals surface area (Å²) >= 11 is -2.20. The van der Waals surface area contributed by atoms with Crippen molar-refractivity contribution in [2.24, 2.45) is 0 Å². The Hall–Kier alpha value is 0.459. The summed E-state index contributed by atoms with van der Waals surface area (Å²) in [6.07, 6.45) is 17.2.